The molecule has 1 amide bonds. The lowest BCUT2D eigenvalue weighted by molar-refractivity contribution is -0.121. The molecule has 0 saturated heterocycles. The SMILES string of the molecule is CCn1nc(C)cc1-c1nnc(CCC(=O)NCCc2ccccc2OC)o1. The molecule has 28 heavy (non-hydrogen) atoms. The molecule has 3 aromatic rings. The van der Waals surface area contributed by atoms with Crippen molar-refractivity contribution >= 4 is 5.91 Å². The lowest BCUT2D eigenvalue weighted by Gasteiger charge is -2.08. The molecule has 0 bridgehead atoms. The van der Waals surface area contributed by atoms with Crippen LogP contribution in [0.25, 0.3) is 11.6 Å². The Bertz CT molecular complexity index is 932. The van der Waals surface area contributed by atoms with Gasteiger partial charge in [0.2, 0.25) is 11.8 Å². The summed E-state index contributed by atoms with van der Waals surface area (Å²) in [6, 6.07) is 9.70. The fourth-order valence-corrected chi connectivity index (χ4v) is 2.97. The highest BCUT2D eigenvalue weighted by atomic mass is 16.5. The van der Waals surface area contributed by atoms with Crippen LogP contribution in [0.15, 0.2) is 34.7 Å². The van der Waals surface area contributed by atoms with E-state index in [0.29, 0.717) is 37.6 Å². The van der Waals surface area contributed by atoms with Crippen molar-refractivity contribution in [1.29, 1.82) is 0 Å². The molecule has 1 aromatic carbocycles. The molecular formula is C20H25N5O3. The molecular weight excluding hydrogens is 358 g/mol. The van der Waals surface area contributed by atoms with Gasteiger partial charge in [0.1, 0.15) is 11.4 Å². The zero-order valence-electron chi connectivity index (χ0n) is 16.4. The van der Waals surface area contributed by atoms with Crippen molar-refractivity contribution in [2.75, 3.05) is 13.7 Å². The van der Waals surface area contributed by atoms with Gasteiger partial charge in [-0.1, -0.05) is 18.2 Å². The number of carbonyl (C=O) groups is 1. The van der Waals surface area contributed by atoms with E-state index in [1.165, 1.54) is 0 Å². The van der Waals surface area contributed by atoms with Crippen LogP contribution >= 0.6 is 0 Å². The molecule has 1 N–H and O–H groups in total. The predicted octanol–water partition coefficient (Wildman–Crippen LogP) is 2.56. The smallest absolute Gasteiger partial charge is 0.265 e. The number of rotatable bonds is 9. The number of amides is 1. The second-order valence-corrected chi connectivity index (χ2v) is 6.40. The first-order valence-corrected chi connectivity index (χ1v) is 9.36. The maximum Gasteiger partial charge on any atom is 0.265 e. The average Bonchev–Trinajstić information content (AvgIpc) is 3.32. The molecule has 0 aliphatic carbocycles. The van der Waals surface area contributed by atoms with Gasteiger partial charge in [-0.2, -0.15) is 5.10 Å². The van der Waals surface area contributed by atoms with E-state index >= 15 is 0 Å². The molecule has 0 saturated carbocycles. The number of nitrogens with one attached hydrogen (secondary N) is 1. The molecule has 148 valence electrons. The quantitative estimate of drug-likeness (QED) is 0.610. The van der Waals surface area contributed by atoms with E-state index in [1.54, 1.807) is 7.11 Å². The Kier molecular flexibility index (Phi) is 6.41. The van der Waals surface area contributed by atoms with Gasteiger partial charge >= 0.3 is 0 Å². The number of carbonyl (C=O) groups excluding carboxylic acids is 1. The Morgan fingerprint density at radius 1 is 1.25 bits per heavy atom. The number of ether oxygens (including phenoxy) is 1. The highest BCUT2D eigenvalue weighted by molar-refractivity contribution is 5.76. The summed E-state index contributed by atoms with van der Waals surface area (Å²) in [7, 11) is 1.64. The fraction of sp³-hybridized carbons (Fsp3) is 0.400. The maximum atomic E-state index is 12.1. The van der Waals surface area contributed by atoms with Gasteiger partial charge in [-0.25, -0.2) is 0 Å². The van der Waals surface area contributed by atoms with Gasteiger partial charge in [0.25, 0.3) is 5.89 Å². The normalized spacial score (nSPS) is 10.8. The van der Waals surface area contributed by atoms with Crippen molar-refractivity contribution in [2.45, 2.75) is 39.7 Å². The number of hydrogen-bond acceptors (Lipinski definition) is 6. The second-order valence-electron chi connectivity index (χ2n) is 6.40. The first kappa shape index (κ1) is 19.6. The van der Waals surface area contributed by atoms with Crippen LogP contribution in [0.2, 0.25) is 0 Å². The molecule has 2 aromatic heterocycles. The van der Waals surface area contributed by atoms with E-state index in [2.05, 4.69) is 20.6 Å². The van der Waals surface area contributed by atoms with Crippen LogP contribution in [0.3, 0.4) is 0 Å². The molecule has 0 aliphatic heterocycles. The second kappa shape index (κ2) is 9.16. The van der Waals surface area contributed by atoms with Crippen LogP contribution in [-0.4, -0.2) is 39.5 Å². The number of aryl methyl sites for hydroxylation is 3. The maximum absolute atomic E-state index is 12.1. The first-order valence-electron chi connectivity index (χ1n) is 9.36. The van der Waals surface area contributed by atoms with Crippen LogP contribution in [-0.2, 0) is 24.2 Å². The average molecular weight is 383 g/mol. The number of methoxy groups -OCH3 is 1. The van der Waals surface area contributed by atoms with Crippen LogP contribution in [0, 0.1) is 6.92 Å². The Hall–Kier alpha value is -3.16. The zero-order chi connectivity index (χ0) is 19.9. The summed E-state index contributed by atoms with van der Waals surface area (Å²) < 4.78 is 12.8. The van der Waals surface area contributed by atoms with E-state index in [9.17, 15) is 4.79 Å². The summed E-state index contributed by atoms with van der Waals surface area (Å²) in [6.45, 7) is 5.18. The molecule has 0 fully saturated rings. The predicted molar refractivity (Wildman–Crippen MR) is 104 cm³/mol. The van der Waals surface area contributed by atoms with Gasteiger partial charge in [-0.3, -0.25) is 9.48 Å². The largest absolute Gasteiger partial charge is 0.496 e. The number of nitrogens with zero attached hydrogens (tertiary/aromatic N) is 4. The molecule has 0 radical (unpaired) electrons. The van der Waals surface area contributed by atoms with Crippen molar-refractivity contribution in [3.05, 3.63) is 47.5 Å². The van der Waals surface area contributed by atoms with Gasteiger partial charge in [0.15, 0.2) is 0 Å². The van der Waals surface area contributed by atoms with Crippen LogP contribution in [0.4, 0.5) is 0 Å². The van der Waals surface area contributed by atoms with Crippen LogP contribution in [0.5, 0.6) is 5.75 Å². The van der Waals surface area contributed by atoms with Gasteiger partial charge in [-0.15, -0.1) is 10.2 Å². The topological polar surface area (TPSA) is 95.1 Å². The summed E-state index contributed by atoms with van der Waals surface area (Å²) >= 11 is 0. The summed E-state index contributed by atoms with van der Waals surface area (Å²) in [6.07, 6.45) is 1.40. The lowest BCUT2D eigenvalue weighted by Crippen LogP contribution is -2.26. The number of aromatic nitrogens is 4. The lowest BCUT2D eigenvalue weighted by atomic mass is 10.1. The Balaban J connectivity index is 1.48. The monoisotopic (exact) mass is 383 g/mol. The third kappa shape index (κ3) is 4.76. The van der Waals surface area contributed by atoms with Gasteiger partial charge in [0.05, 0.1) is 12.8 Å². The Labute approximate surface area is 163 Å². The van der Waals surface area contributed by atoms with Gasteiger partial charge < -0.3 is 14.5 Å². The van der Waals surface area contributed by atoms with E-state index < -0.39 is 0 Å². The number of hydrogen-bond donors (Lipinski definition) is 1. The highest BCUT2D eigenvalue weighted by Crippen LogP contribution is 2.20. The van der Waals surface area contributed by atoms with E-state index in [4.69, 9.17) is 9.15 Å². The van der Waals surface area contributed by atoms with E-state index in [1.807, 2.05) is 48.9 Å². The fourth-order valence-electron chi connectivity index (χ4n) is 2.97. The van der Waals surface area contributed by atoms with E-state index in [0.717, 1.165) is 29.2 Å². The molecule has 0 atom stereocenters. The molecule has 0 spiro atoms. The standard InChI is InChI=1S/C20H25N5O3/c1-4-25-16(13-14(2)24-25)20-23-22-19(28-20)10-9-18(26)21-12-11-15-7-5-6-8-17(15)27-3/h5-8,13H,4,9-12H2,1-3H3,(H,21,26). The molecule has 0 aliphatic rings. The summed E-state index contributed by atoms with van der Waals surface area (Å²) in [4.78, 5) is 12.1. The molecule has 2 heterocycles. The zero-order valence-corrected chi connectivity index (χ0v) is 16.4. The molecule has 3 rings (SSSR count). The van der Waals surface area contributed by atoms with Crippen molar-refractivity contribution in [2.24, 2.45) is 0 Å². The summed E-state index contributed by atoms with van der Waals surface area (Å²) in [5, 5.41) is 15.4. The Morgan fingerprint density at radius 3 is 2.86 bits per heavy atom. The van der Waals surface area contributed by atoms with Gasteiger partial charge in [-0.05, 0) is 38.0 Å². The van der Waals surface area contributed by atoms with Crippen molar-refractivity contribution in [3.63, 3.8) is 0 Å². The summed E-state index contributed by atoms with van der Waals surface area (Å²) in [5.74, 6) is 1.64. The Morgan fingerprint density at radius 2 is 2.07 bits per heavy atom. The minimum absolute atomic E-state index is 0.0518. The minimum Gasteiger partial charge on any atom is -0.496 e. The van der Waals surface area contributed by atoms with Crippen molar-refractivity contribution in [1.82, 2.24) is 25.3 Å². The van der Waals surface area contributed by atoms with Crippen LogP contribution < -0.4 is 10.1 Å². The third-order valence-corrected chi connectivity index (χ3v) is 4.36. The van der Waals surface area contributed by atoms with Crippen LogP contribution in [0.1, 0.15) is 30.5 Å². The number of benzene rings is 1. The van der Waals surface area contributed by atoms with Crippen molar-refractivity contribution < 1.29 is 13.9 Å². The number of para-hydroxylation sites is 1. The van der Waals surface area contributed by atoms with E-state index in [-0.39, 0.29) is 5.91 Å². The third-order valence-electron chi connectivity index (χ3n) is 4.36. The van der Waals surface area contributed by atoms with Gasteiger partial charge in [0, 0.05) is 25.9 Å². The molecule has 0 unspecified atom stereocenters. The molecule has 8 nitrogen and oxygen atoms in total. The van der Waals surface area contributed by atoms with Crippen molar-refractivity contribution in [3.8, 4) is 17.3 Å². The molecule has 8 heteroatoms. The summed E-state index contributed by atoms with van der Waals surface area (Å²) in [5.41, 5.74) is 2.75. The minimum atomic E-state index is -0.0518. The highest BCUT2D eigenvalue weighted by Gasteiger charge is 2.15. The first-order chi connectivity index (χ1) is 13.6.